The van der Waals surface area contributed by atoms with E-state index in [0.717, 1.165) is 19.3 Å². The van der Waals surface area contributed by atoms with E-state index in [9.17, 15) is 0 Å². The molecule has 152 valence electrons. The molecule has 4 unspecified atom stereocenters. The van der Waals surface area contributed by atoms with Crippen molar-refractivity contribution in [2.24, 2.45) is 23.7 Å². The molecule has 1 aromatic carbocycles. The Labute approximate surface area is 182 Å². The molecule has 1 aromatic rings. The fourth-order valence-corrected chi connectivity index (χ4v) is 4.93. The zero-order valence-electron chi connectivity index (χ0n) is 18.4. The van der Waals surface area contributed by atoms with Gasteiger partial charge in [-0.25, -0.2) is 0 Å². The van der Waals surface area contributed by atoms with Crippen LogP contribution >= 0.6 is 0 Å². The number of allylic oxidation sites excluding steroid dienone is 12. The first-order valence-electron chi connectivity index (χ1n) is 11.3. The largest absolute Gasteiger partial charge is 0.0985 e. The lowest BCUT2D eigenvalue weighted by Crippen LogP contribution is -2.23. The smallest absolute Gasteiger partial charge is 0.0460 e. The molecule has 0 radical (unpaired) electrons. The lowest BCUT2D eigenvalue weighted by molar-refractivity contribution is 0.464. The summed E-state index contributed by atoms with van der Waals surface area (Å²) in [5.41, 5.74) is 7.15. The average Bonchev–Trinajstić information content (AvgIpc) is 2.80. The van der Waals surface area contributed by atoms with Crippen molar-refractivity contribution in [3.8, 4) is 11.8 Å². The maximum Gasteiger partial charge on any atom is 0.0460 e. The SMILES string of the molecule is C/C1=C/C=C\CC(C2C#CC/C=C\C(c3ccccc3)=C2)C2=C(C=CCC2C)C1C. The van der Waals surface area contributed by atoms with Gasteiger partial charge < -0.3 is 0 Å². The average molecular weight is 393 g/mol. The first kappa shape index (κ1) is 20.5. The molecular formula is C30H32. The van der Waals surface area contributed by atoms with E-state index in [0.29, 0.717) is 17.8 Å². The van der Waals surface area contributed by atoms with Crippen LogP contribution in [0.5, 0.6) is 0 Å². The topological polar surface area (TPSA) is 0 Å². The standard InChI is InChI=1S/C30H32/c1-22-13-10-11-19-29(30-23(2)14-12-20-28(30)24(22)3)27-18-9-5-8-17-26(21-27)25-15-6-4-7-16-25/h4,6-8,10-13,15-17,20-21,23-24,27,29H,5,14,19H2,1-3H3/b11-10-,17-8-,22-13-,26-21?. The molecule has 30 heavy (non-hydrogen) atoms. The van der Waals surface area contributed by atoms with Gasteiger partial charge >= 0.3 is 0 Å². The molecule has 0 saturated carbocycles. The Hall–Kier alpha value is -2.78. The fraction of sp³-hybridized carbons (Fsp3) is 0.333. The van der Waals surface area contributed by atoms with Crippen LogP contribution in [0.15, 0.2) is 95.7 Å². The second kappa shape index (κ2) is 9.36. The first-order chi connectivity index (χ1) is 14.6. The summed E-state index contributed by atoms with van der Waals surface area (Å²) in [4.78, 5) is 0. The minimum absolute atomic E-state index is 0.222. The van der Waals surface area contributed by atoms with Gasteiger partial charge in [0.2, 0.25) is 0 Å². The summed E-state index contributed by atoms with van der Waals surface area (Å²) in [5, 5.41) is 0. The molecule has 0 N–H and O–H groups in total. The van der Waals surface area contributed by atoms with Gasteiger partial charge in [-0.3, -0.25) is 0 Å². The molecule has 4 atom stereocenters. The summed E-state index contributed by atoms with van der Waals surface area (Å²) in [6.07, 6.45) is 21.5. The van der Waals surface area contributed by atoms with Gasteiger partial charge in [-0.05, 0) is 42.4 Å². The highest BCUT2D eigenvalue weighted by Crippen LogP contribution is 2.42. The molecule has 0 fully saturated rings. The number of hydrogen-bond donors (Lipinski definition) is 0. The molecule has 0 heteroatoms. The van der Waals surface area contributed by atoms with Crippen molar-refractivity contribution in [1.29, 1.82) is 0 Å². The van der Waals surface area contributed by atoms with Gasteiger partial charge in [-0.1, -0.05) is 116 Å². The van der Waals surface area contributed by atoms with E-state index in [4.69, 9.17) is 0 Å². The van der Waals surface area contributed by atoms with Crippen molar-refractivity contribution in [2.45, 2.75) is 40.0 Å². The zero-order valence-corrected chi connectivity index (χ0v) is 18.4. The van der Waals surface area contributed by atoms with Crippen LogP contribution < -0.4 is 0 Å². The molecule has 3 aliphatic carbocycles. The van der Waals surface area contributed by atoms with Crippen molar-refractivity contribution in [1.82, 2.24) is 0 Å². The molecule has 0 saturated heterocycles. The Balaban J connectivity index is 1.83. The van der Waals surface area contributed by atoms with Gasteiger partial charge in [0.1, 0.15) is 0 Å². The predicted molar refractivity (Wildman–Crippen MR) is 130 cm³/mol. The normalized spacial score (nSPS) is 32.5. The summed E-state index contributed by atoms with van der Waals surface area (Å²) in [5.74, 6) is 8.73. The highest BCUT2D eigenvalue weighted by atomic mass is 14.3. The number of rotatable bonds is 2. The number of benzene rings is 1. The maximum atomic E-state index is 3.65. The molecule has 0 aliphatic heterocycles. The quantitative estimate of drug-likeness (QED) is 0.452. The van der Waals surface area contributed by atoms with Crippen molar-refractivity contribution in [3.63, 3.8) is 0 Å². The van der Waals surface area contributed by atoms with Crippen molar-refractivity contribution < 1.29 is 0 Å². The first-order valence-corrected chi connectivity index (χ1v) is 11.3. The van der Waals surface area contributed by atoms with E-state index in [1.165, 1.54) is 22.3 Å². The fourth-order valence-electron chi connectivity index (χ4n) is 4.93. The highest BCUT2D eigenvalue weighted by molar-refractivity contribution is 5.75. The van der Waals surface area contributed by atoms with Crippen LogP contribution in [0.25, 0.3) is 5.57 Å². The lowest BCUT2D eigenvalue weighted by atomic mass is 9.70. The Bertz CT molecular complexity index is 1010. The molecule has 0 bridgehead atoms. The van der Waals surface area contributed by atoms with Crippen molar-refractivity contribution in [3.05, 3.63) is 101 Å². The van der Waals surface area contributed by atoms with Crippen LogP contribution in [-0.2, 0) is 0 Å². The lowest BCUT2D eigenvalue weighted by Gasteiger charge is -2.34. The van der Waals surface area contributed by atoms with E-state index in [1.807, 2.05) is 0 Å². The van der Waals surface area contributed by atoms with Crippen LogP contribution in [0.4, 0.5) is 0 Å². The zero-order chi connectivity index (χ0) is 20.9. The van der Waals surface area contributed by atoms with Crippen molar-refractivity contribution >= 4 is 5.57 Å². The molecule has 0 heterocycles. The minimum atomic E-state index is 0.222. The Morgan fingerprint density at radius 2 is 1.77 bits per heavy atom. The monoisotopic (exact) mass is 392 g/mol. The minimum Gasteiger partial charge on any atom is -0.0985 e. The van der Waals surface area contributed by atoms with E-state index in [2.05, 4.69) is 112 Å². The number of hydrogen-bond acceptors (Lipinski definition) is 0. The van der Waals surface area contributed by atoms with Crippen LogP contribution in [0.3, 0.4) is 0 Å². The summed E-state index contributed by atoms with van der Waals surface area (Å²) >= 11 is 0. The predicted octanol–water partition coefficient (Wildman–Crippen LogP) is 7.70. The molecule has 0 aromatic heterocycles. The molecular weight excluding hydrogens is 360 g/mol. The van der Waals surface area contributed by atoms with Crippen LogP contribution in [0.2, 0.25) is 0 Å². The van der Waals surface area contributed by atoms with Crippen LogP contribution in [-0.4, -0.2) is 0 Å². The molecule has 0 amide bonds. The molecule has 0 nitrogen and oxygen atoms in total. The third kappa shape index (κ3) is 4.36. The summed E-state index contributed by atoms with van der Waals surface area (Å²) in [6, 6.07) is 10.7. The second-order valence-corrected chi connectivity index (χ2v) is 8.79. The molecule has 4 rings (SSSR count). The van der Waals surface area contributed by atoms with Gasteiger partial charge in [-0.15, -0.1) is 0 Å². The van der Waals surface area contributed by atoms with E-state index in [1.54, 1.807) is 5.57 Å². The third-order valence-electron chi connectivity index (χ3n) is 6.77. The van der Waals surface area contributed by atoms with Gasteiger partial charge in [0.25, 0.3) is 0 Å². The van der Waals surface area contributed by atoms with Crippen LogP contribution in [0.1, 0.15) is 45.6 Å². The Morgan fingerprint density at radius 3 is 2.60 bits per heavy atom. The van der Waals surface area contributed by atoms with Gasteiger partial charge in [0, 0.05) is 24.2 Å². The van der Waals surface area contributed by atoms with E-state index >= 15 is 0 Å². The third-order valence-corrected chi connectivity index (χ3v) is 6.77. The van der Waals surface area contributed by atoms with Gasteiger partial charge in [0.15, 0.2) is 0 Å². The summed E-state index contributed by atoms with van der Waals surface area (Å²) < 4.78 is 0. The summed E-state index contributed by atoms with van der Waals surface area (Å²) in [6.45, 7) is 7.02. The van der Waals surface area contributed by atoms with Crippen LogP contribution in [0, 0.1) is 35.5 Å². The molecule has 0 spiro atoms. The van der Waals surface area contributed by atoms with E-state index < -0.39 is 0 Å². The van der Waals surface area contributed by atoms with Gasteiger partial charge in [0.05, 0.1) is 0 Å². The second-order valence-electron chi connectivity index (χ2n) is 8.79. The van der Waals surface area contributed by atoms with Crippen molar-refractivity contribution in [2.75, 3.05) is 0 Å². The summed E-state index contributed by atoms with van der Waals surface area (Å²) in [7, 11) is 0. The Kier molecular flexibility index (Phi) is 6.39. The highest BCUT2D eigenvalue weighted by Gasteiger charge is 2.31. The van der Waals surface area contributed by atoms with E-state index in [-0.39, 0.29) is 5.92 Å². The maximum absolute atomic E-state index is 3.65. The van der Waals surface area contributed by atoms with Gasteiger partial charge in [-0.2, -0.15) is 0 Å². The molecule has 3 aliphatic rings. The Morgan fingerprint density at radius 1 is 0.933 bits per heavy atom.